The van der Waals surface area contributed by atoms with Crippen molar-refractivity contribution in [2.75, 3.05) is 0 Å². The van der Waals surface area contributed by atoms with E-state index in [0.717, 1.165) is 49.7 Å². The number of rotatable bonds is 9. The molecule has 0 saturated carbocycles. The molecule has 0 fully saturated rings. The van der Waals surface area contributed by atoms with Crippen LogP contribution in [0.4, 0.5) is 0 Å². The largest absolute Gasteiger partial charge is 0.481 e. The SMILES string of the molecule is O=C(O)CCCCCCC1=C(/C=C/c2ccccc2)C(=O)CC1. The molecule has 2 rings (SSSR count). The highest BCUT2D eigenvalue weighted by Crippen LogP contribution is 2.29. The monoisotopic (exact) mass is 312 g/mol. The molecule has 1 N–H and O–H groups in total. The summed E-state index contributed by atoms with van der Waals surface area (Å²) < 4.78 is 0. The highest BCUT2D eigenvalue weighted by atomic mass is 16.4. The number of carboxylic acids is 1. The molecule has 1 aliphatic carbocycles. The van der Waals surface area contributed by atoms with E-state index in [1.54, 1.807) is 0 Å². The first-order valence-corrected chi connectivity index (χ1v) is 8.37. The lowest BCUT2D eigenvalue weighted by atomic mass is 10.0. The molecule has 0 saturated heterocycles. The number of hydrogen-bond donors (Lipinski definition) is 1. The number of benzene rings is 1. The molecular formula is C20H24O3. The molecule has 0 atom stereocenters. The fourth-order valence-electron chi connectivity index (χ4n) is 2.91. The van der Waals surface area contributed by atoms with Crippen LogP contribution in [0.2, 0.25) is 0 Å². The van der Waals surface area contributed by atoms with Gasteiger partial charge in [-0.3, -0.25) is 9.59 Å². The van der Waals surface area contributed by atoms with Gasteiger partial charge in [-0.25, -0.2) is 0 Å². The normalized spacial score (nSPS) is 14.9. The molecule has 0 heterocycles. The average Bonchev–Trinajstić information content (AvgIpc) is 2.89. The Bertz CT molecular complexity index is 597. The van der Waals surface area contributed by atoms with Crippen LogP contribution in [0.15, 0.2) is 47.6 Å². The van der Waals surface area contributed by atoms with Crippen LogP contribution in [0.1, 0.15) is 56.9 Å². The van der Waals surface area contributed by atoms with Gasteiger partial charge in [-0.15, -0.1) is 0 Å². The van der Waals surface area contributed by atoms with Gasteiger partial charge < -0.3 is 5.11 Å². The van der Waals surface area contributed by atoms with Crippen molar-refractivity contribution in [1.82, 2.24) is 0 Å². The first kappa shape index (κ1) is 17.2. The second-order valence-corrected chi connectivity index (χ2v) is 5.99. The van der Waals surface area contributed by atoms with Gasteiger partial charge in [0.25, 0.3) is 0 Å². The molecule has 122 valence electrons. The van der Waals surface area contributed by atoms with E-state index in [-0.39, 0.29) is 12.2 Å². The van der Waals surface area contributed by atoms with E-state index in [4.69, 9.17) is 5.11 Å². The molecule has 0 bridgehead atoms. The summed E-state index contributed by atoms with van der Waals surface area (Å²) in [5.74, 6) is -0.472. The molecule has 1 aliphatic rings. The Morgan fingerprint density at radius 1 is 1.00 bits per heavy atom. The van der Waals surface area contributed by atoms with Crippen LogP contribution in [-0.2, 0) is 9.59 Å². The topological polar surface area (TPSA) is 54.4 Å². The number of carboxylic acid groups (broad SMARTS) is 1. The molecule has 3 nitrogen and oxygen atoms in total. The zero-order valence-corrected chi connectivity index (χ0v) is 13.5. The molecule has 1 aromatic rings. The minimum atomic E-state index is -0.720. The highest BCUT2D eigenvalue weighted by Gasteiger charge is 2.20. The van der Waals surface area contributed by atoms with Gasteiger partial charge in [0, 0.05) is 18.4 Å². The summed E-state index contributed by atoms with van der Waals surface area (Å²) in [6, 6.07) is 10.0. The number of aliphatic carboxylic acids is 1. The first-order chi connectivity index (χ1) is 11.2. The summed E-state index contributed by atoms with van der Waals surface area (Å²) >= 11 is 0. The van der Waals surface area contributed by atoms with Crippen molar-refractivity contribution in [2.24, 2.45) is 0 Å². The van der Waals surface area contributed by atoms with E-state index >= 15 is 0 Å². The number of unbranched alkanes of at least 4 members (excludes halogenated alkanes) is 3. The predicted octanol–water partition coefficient (Wildman–Crippen LogP) is 4.78. The van der Waals surface area contributed by atoms with Gasteiger partial charge in [0.1, 0.15) is 0 Å². The Kier molecular flexibility index (Phi) is 6.79. The van der Waals surface area contributed by atoms with Gasteiger partial charge in [0.05, 0.1) is 0 Å². The third kappa shape index (κ3) is 5.85. The molecule has 0 radical (unpaired) electrons. The number of Topliss-reactive ketones (excluding diaryl/α,β-unsaturated/α-hetero) is 1. The molecule has 0 unspecified atom stereocenters. The maximum absolute atomic E-state index is 12.0. The van der Waals surface area contributed by atoms with Gasteiger partial charge in [0.2, 0.25) is 0 Å². The van der Waals surface area contributed by atoms with Gasteiger partial charge in [0.15, 0.2) is 5.78 Å². The van der Waals surface area contributed by atoms with Crippen LogP contribution >= 0.6 is 0 Å². The number of hydrogen-bond acceptors (Lipinski definition) is 2. The predicted molar refractivity (Wildman–Crippen MR) is 92.1 cm³/mol. The van der Waals surface area contributed by atoms with Crippen molar-refractivity contribution < 1.29 is 14.7 Å². The molecular weight excluding hydrogens is 288 g/mol. The van der Waals surface area contributed by atoms with Crippen molar-refractivity contribution in [1.29, 1.82) is 0 Å². The Morgan fingerprint density at radius 3 is 2.48 bits per heavy atom. The number of carbonyl (C=O) groups is 2. The lowest BCUT2D eigenvalue weighted by Crippen LogP contribution is -1.94. The fourth-order valence-corrected chi connectivity index (χ4v) is 2.91. The van der Waals surface area contributed by atoms with Crippen LogP contribution in [0.3, 0.4) is 0 Å². The Balaban J connectivity index is 1.85. The van der Waals surface area contributed by atoms with Crippen LogP contribution in [-0.4, -0.2) is 16.9 Å². The van der Waals surface area contributed by atoms with Crippen LogP contribution in [0, 0.1) is 0 Å². The molecule has 1 aromatic carbocycles. The van der Waals surface area contributed by atoms with E-state index in [1.807, 2.05) is 42.5 Å². The lowest BCUT2D eigenvalue weighted by molar-refractivity contribution is -0.137. The van der Waals surface area contributed by atoms with Crippen LogP contribution in [0.5, 0.6) is 0 Å². The summed E-state index contributed by atoms with van der Waals surface area (Å²) in [5, 5.41) is 8.61. The van der Waals surface area contributed by atoms with E-state index < -0.39 is 5.97 Å². The summed E-state index contributed by atoms with van der Waals surface area (Å²) in [6.45, 7) is 0. The molecule has 23 heavy (non-hydrogen) atoms. The molecule has 0 amide bonds. The second-order valence-electron chi connectivity index (χ2n) is 5.99. The van der Waals surface area contributed by atoms with E-state index in [2.05, 4.69) is 0 Å². The van der Waals surface area contributed by atoms with Crippen molar-refractivity contribution in [3.63, 3.8) is 0 Å². The zero-order chi connectivity index (χ0) is 16.5. The average molecular weight is 312 g/mol. The molecule has 3 heteroatoms. The number of carbonyl (C=O) groups excluding carboxylic acids is 1. The number of ketones is 1. The van der Waals surface area contributed by atoms with E-state index in [0.29, 0.717) is 6.42 Å². The Hall–Kier alpha value is -2.16. The summed E-state index contributed by atoms with van der Waals surface area (Å²) in [4.78, 5) is 22.5. The lowest BCUT2D eigenvalue weighted by Gasteiger charge is -2.04. The van der Waals surface area contributed by atoms with Crippen molar-refractivity contribution in [2.45, 2.75) is 51.4 Å². The first-order valence-electron chi connectivity index (χ1n) is 8.37. The smallest absolute Gasteiger partial charge is 0.303 e. The summed E-state index contributed by atoms with van der Waals surface area (Å²) in [7, 11) is 0. The highest BCUT2D eigenvalue weighted by molar-refractivity contribution is 6.02. The fraction of sp³-hybridized carbons (Fsp3) is 0.400. The van der Waals surface area contributed by atoms with Gasteiger partial charge in [-0.2, -0.15) is 0 Å². The van der Waals surface area contributed by atoms with Gasteiger partial charge in [-0.1, -0.05) is 60.9 Å². The van der Waals surface area contributed by atoms with Gasteiger partial charge in [-0.05, 0) is 31.2 Å². The minimum absolute atomic E-state index is 0.248. The van der Waals surface area contributed by atoms with Crippen molar-refractivity contribution in [3.05, 3.63) is 53.1 Å². The second kappa shape index (κ2) is 9.09. The van der Waals surface area contributed by atoms with E-state index in [9.17, 15) is 9.59 Å². The minimum Gasteiger partial charge on any atom is -0.481 e. The third-order valence-electron chi connectivity index (χ3n) is 4.20. The Labute approximate surface area is 137 Å². The van der Waals surface area contributed by atoms with Crippen molar-refractivity contribution >= 4 is 17.8 Å². The van der Waals surface area contributed by atoms with Crippen molar-refractivity contribution in [3.8, 4) is 0 Å². The van der Waals surface area contributed by atoms with Crippen LogP contribution < -0.4 is 0 Å². The molecule has 0 aliphatic heterocycles. The Morgan fingerprint density at radius 2 is 1.74 bits per heavy atom. The quantitative estimate of drug-likeness (QED) is 0.667. The van der Waals surface area contributed by atoms with E-state index in [1.165, 1.54) is 5.57 Å². The maximum Gasteiger partial charge on any atom is 0.303 e. The van der Waals surface area contributed by atoms with Gasteiger partial charge >= 0.3 is 5.97 Å². The summed E-state index contributed by atoms with van der Waals surface area (Å²) in [6.07, 6.45) is 10.4. The van der Waals surface area contributed by atoms with Crippen LogP contribution in [0.25, 0.3) is 6.08 Å². The molecule has 0 spiro atoms. The summed E-state index contributed by atoms with van der Waals surface area (Å²) in [5.41, 5.74) is 3.26. The number of allylic oxidation sites excluding steroid dienone is 3. The standard InChI is InChI=1S/C20H24O3/c21-19-15-13-17(10-6-1-2-7-11-20(22)23)18(19)14-12-16-8-4-3-5-9-16/h3-5,8-9,12,14H,1-2,6-7,10-11,13,15H2,(H,22,23)/b14-12+. The zero-order valence-electron chi connectivity index (χ0n) is 13.5. The third-order valence-corrected chi connectivity index (χ3v) is 4.20. The molecule has 0 aromatic heterocycles. The maximum atomic E-state index is 12.0.